The second-order valence-corrected chi connectivity index (χ2v) is 2.42. The summed E-state index contributed by atoms with van der Waals surface area (Å²) >= 11 is 0. The molecule has 0 aliphatic carbocycles. The lowest BCUT2D eigenvalue weighted by molar-refractivity contribution is -0.104. The van der Waals surface area contributed by atoms with Gasteiger partial charge in [-0.15, -0.1) is 0 Å². The lowest BCUT2D eigenvalue weighted by Gasteiger charge is -1.93. The first-order valence-electron chi connectivity index (χ1n) is 4.07. The van der Waals surface area contributed by atoms with Gasteiger partial charge in [-0.1, -0.05) is 12.1 Å². The minimum absolute atomic E-state index is 0.0608. The predicted molar refractivity (Wildman–Crippen MR) is 55.9 cm³/mol. The summed E-state index contributed by atoms with van der Waals surface area (Å²) in [7, 11) is 1.00. The van der Waals surface area contributed by atoms with Gasteiger partial charge in [-0.05, 0) is 23.8 Å². The molecule has 0 atom stereocenters. The molecule has 0 heterocycles. The number of nitriles is 1. The lowest BCUT2D eigenvalue weighted by atomic mass is 10.1. The van der Waals surface area contributed by atoms with Crippen molar-refractivity contribution in [3.05, 3.63) is 35.4 Å². The Morgan fingerprint density at radius 1 is 1.33 bits per heavy atom. The number of phenols is 1. The largest absolute Gasteiger partial charge is 0.508 e. The van der Waals surface area contributed by atoms with Crippen molar-refractivity contribution < 1.29 is 15.0 Å². The number of nitrogens with zero attached hydrogens (tertiary/aromatic N) is 1. The summed E-state index contributed by atoms with van der Waals surface area (Å²) < 4.78 is 0. The molecular formula is C11H11NO3. The number of aliphatic hydroxyl groups excluding tert-OH is 1. The molecule has 0 spiro atoms. The molecule has 0 amide bonds. The molecule has 78 valence electrons. The van der Waals surface area contributed by atoms with Crippen molar-refractivity contribution in [3.8, 4) is 11.8 Å². The van der Waals surface area contributed by atoms with E-state index in [1.807, 2.05) is 0 Å². The number of rotatable bonds is 2. The molecule has 0 saturated heterocycles. The van der Waals surface area contributed by atoms with E-state index in [4.69, 9.17) is 15.5 Å². The molecule has 0 bridgehead atoms. The van der Waals surface area contributed by atoms with E-state index in [1.54, 1.807) is 18.2 Å². The Morgan fingerprint density at radius 2 is 1.87 bits per heavy atom. The Hall–Kier alpha value is -2.12. The number of carbonyl (C=O) groups is 1. The van der Waals surface area contributed by atoms with Gasteiger partial charge >= 0.3 is 0 Å². The Labute approximate surface area is 87.7 Å². The molecule has 1 aromatic carbocycles. The van der Waals surface area contributed by atoms with E-state index < -0.39 is 0 Å². The first-order chi connectivity index (χ1) is 7.26. The molecule has 0 aromatic heterocycles. The first-order valence-corrected chi connectivity index (χ1v) is 4.07. The zero-order chi connectivity index (χ0) is 11.7. The van der Waals surface area contributed by atoms with Crippen molar-refractivity contribution in [3.63, 3.8) is 0 Å². The van der Waals surface area contributed by atoms with Crippen LogP contribution in [0.5, 0.6) is 5.75 Å². The Morgan fingerprint density at radius 3 is 2.27 bits per heavy atom. The molecule has 0 radical (unpaired) electrons. The Balaban J connectivity index is 0.000000921. The van der Waals surface area contributed by atoms with E-state index >= 15 is 0 Å². The van der Waals surface area contributed by atoms with Crippen LogP contribution >= 0.6 is 0 Å². The van der Waals surface area contributed by atoms with E-state index in [-0.39, 0.29) is 11.3 Å². The van der Waals surface area contributed by atoms with Crippen LogP contribution < -0.4 is 0 Å². The minimum Gasteiger partial charge on any atom is -0.508 e. The fourth-order valence-corrected chi connectivity index (χ4v) is 0.843. The Kier molecular flexibility index (Phi) is 6.27. The van der Waals surface area contributed by atoms with E-state index in [2.05, 4.69) is 0 Å². The van der Waals surface area contributed by atoms with Gasteiger partial charge in [0, 0.05) is 7.11 Å². The summed E-state index contributed by atoms with van der Waals surface area (Å²) in [5, 5.41) is 24.4. The third kappa shape index (κ3) is 4.60. The maximum absolute atomic E-state index is 10.3. The highest BCUT2D eigenvalue weighted by molar-refractivity contribution is 5.86. The molecule has 1 rings (SSSR count). The van der Waals surface area contributed by atoms with E-state index in [0.717, 1.165) is 7.11 Å². The summed E-state index contributed by atoms with van der Waals surface area (Å²) in [6.45, 7) is 0. The molecule has 2 N–H and O–H groups in total. The number of hydrogen-bond acceptors (Lipinski definition) is 4. The fourth-order valence-electron chi connectivity index (χ4n) is 0.843. The molecule has 0 aliphatic heterocycles. The van der Waals surface area contributed by atoms with Gasteiger partial charge in [-0.25, -0.2) is 0 Å². The highest BCUT2D eigenvalue weighted by Crippen LogP contribution is 2.11. The summed E-state index contributed by atoms with van der Waals surface area (Å²) in [5.41, 5.74) is 0.770. The molecule has 0 fully saturated rings. The van der Waals surface area contributed by atoms with Gasteiger partial charge in [0.05, 0.1) is 5.57 Å². The maximum atomic E-state index is 10.3. The second kappa shape index (κ2) is 7.30. The van der Waals surface area contributed by atoms with E-state index in [1.165, 1.54) is 18.2 Å². The van der Waals surface area contributed by atoms with Crippen LogP contribution in [-0.2, 0) is 4.79 Å². The lowest BCUT2D eigenvalue weighted by Crippen LogP contribution is -1.79. The van der Waals surface area contributed by atoms with Gasteiger partial charge < -0.3 is 10.2 Å². The molecule has 4 nitrogen and oxygen atoms in total. The number of aldehydes is 1. The van der Waals surface area contributed by atoms with Crippen LogP contribution in [0, 0.1) is 11.3 Å². The van der Waals surface area contributed by atoms with Gasteiger partial charge in [0.15, 0.2) is 6.29 Å². The average Bonchev–Trinajstić information content (AvgIpc) is 2.31. The zero-order valence-electron chi connectivity index (χ0n) is 8.21. The van der Waals surface area contributed by atoms with Crippen LogP contribution in [0.1, 0.15) is 5.56 Å². The van der Waals surface area contributed by atoms with Crippen molar-refractivity contribution in [1.82, 2.24) is 0 Å². The topological polar surface area (TPSA) is 81.3 Å². The van der Waals surface area contributed by atoms with Crippen molar-refractivity contribution >= 4 is 12.4 Å². The van der Waals surface area contributed by atoms with Gasteiger partial charge in [-0.3, -0.25) is 4.79 Å². The van der Waals surface area contributed by atoms with Gasteiger partial charge in [0.1, 0.15) is 11.8 Å². The van der Waals surface area contributed by atoms with Crippen molar-refractivity contribution in [2.24, 2.45) is 0 Å². The first kappa shape index (κ1) is 12.9. The molecule has 0 aliphatic rings. The second-order valence-electron chi connectivity index (χ2n) is 2.42. The molecular weight excluding hydrogens is 194 g/mol. The van der Waals surface area contributed by atoms with Crippen LogP contribution in [0.15, 0.2) is 29.8 Å². The van der Waals surface area contributed by atoms with Crippen LogP contribution in [0.3, 0.4) is 0 Å². The Bertz CT molecular complexity index is 374. The number of aliphatic hydroxyl groups is 1. The molecule has 15 heavy (non-hydrogen) atoms. The van der Waals surface area contributed by atoms with Gasteiger partial charge in [-0.2, -0.15) is 5.26 Å². The molecule has 1 aromatic rings. The van der Waals surface area contributed by atoms with Crippen LogP contribution in [-0.4, -0.2) is 23.6 Å². The molecule has 0 saturated carbocycles. The monoisotopic (exact) mass is 205 g/mol. The number of hydrogen-bond donors (Lipinski definition) is 2. The van der Waals surface area contributed by atoms with Crippen LogP contribution in [0.2, 0.25) is 0 Å². The van der Waals surface area contributed by atoms with E-state index in [0.29, 0.717) is 11.8 Å². The predicted octanol–water partition coefficient (Wildman–Crippen LogP) is 1.11. The third-order valence-corrected chi connectivity index (χ3v) is 1.47. The minimum atomic E-state index is 0.0608. The number of aromatic hydroxyl groups is 1. The van der Waals surface area contributed by atoms with Crippen LogP contribution in [0.4, 0.5) is 0 Å². The van der Waals surface area contributed by atoms with Gasteiger partial charge in [0.25, 0.3) is 0 Å². The van der Waals surface area contributed by atoms with Crippen molar-refractivity contribution in [2.75, 3.05) is 7.11 Å². The zero-order valence-corrected chi connectivity index (χ0v) is 8.21. The average molecular weight is 205 g/mol. The number of allylic oxidation sites excluding steroid dienone is 1. The smallest absolute Gasteiger partial charge is 0.160 e. The van der Waals surface area contributed by atoms with Crippen LogP contribution in [0.25, 0.3) is 6.08 Å². The van der Waals surface area contributed by atoms with Crippen molar-refractivity contribution in [1.29, 1.82) is 5.26 Å². The summed E-state index contributed by atoms with van der Waals surface area (Å²) in [4.78, 5) is 10.3. The third-order valence-electron chi connectivity index (χ3n) is 1.47. The number of benzene rings is 1. The summed E-state index contributed by atoms with van der Waals surface area (Å²) in [6, 6.07) is 7.97. The SMILES string of the molecule is CO.N#C/C(C=O)=C/c1ccc(O)cc1. The number of carbonyl (C=O) groups excluding carboxylic acids is 1. The highest BCUT2D eigenvalue weighted by atomic mass is 16.3. The highest BCUT2D eigenvalue weighted by Gasteiger charge is 1.93. The molecule has 0 unspecified atom stereocenters. The number of phenolic OH excluding ortho intramolecular Hbond substituents is 1. The molecule has 4 heteroatoms. The van der Waals surface area contributed by atoms with Gasteiger partial charge in [0.2, 0.25) is 0 Å². The summed E-state index contributed by atoms with van der Waals surface area (Å²) in [5.74, 6) is 0.154. The van der Waals surface area contributed by atoms with Crippen molar-refractivity contribution in [2.45, 2.75) is 0 Å². The quantitative estimate of drug-likeness (QED) is 0.430. The summed E-state index contributed by atoms with van der Waals surface area (Å²) in [6.07, 6.45) is 1.94. The normalized spacial score (nSPS) is 9.53. The van der Waals surface area contributed by atoms with E-state index in [9.17, 15) is 4.79 Å². The fraction of sp³-hybridized carbons (Fsp3) is 0.0909. The standard InChI is InChI=1S/C10H7NO2.CH4O/c11-6-9(7-12)5-8-1-3-10(13)4-2-8;1-2/h1-5,7,13H;2H,1H3/b9-5-;. The maximum Gasteiger partial charge on any atom is 0.160 e.